The molecule has 0 atom stereocenters. The molecule has 3 heteroatoms. The molecule has 2 rings (SSSR count). The number of likely N-dealkylation sites (N-methyl/N-ethyl adjacent to an activating group) is 1. The van der Waals surface area contributed by atoms with Crippen LogP contribution >= 0.6 is 0 Å². The van der Waals surface area contributed by atoms with Gasteiger partial charge in [0.25, 0.3) is 0 Å². The summed E-state index contributed by atoms with van der Waals surface area (Å²) in [5, 5.41) is 3.13. The van der Waals surface area contributed by atoms with Gasteiger partial charge in [-0.3, -0.25) is 4.79 Å². The van der Waals surface area contributed by atoms with Crippen molar-refractivity contribution in [1.82, 2.24) is 5.32 Å². The molecule has 3 nitrogen and oxygen atoms in total. The van der Waals surface area contributed by atoms with Gasteiger partial charge in [-0.2, -0.15) is 0 Å². The average Bonchev–Trinajstić information content (AvgIpc) is 2.52. The van der Waals surface area contributed by atoms with Gasteiger partial charge in [0.1, 0.15) is 0 Å². The van der Waals surface area contributed by atoms with E-state index in [9.17, 15) is 4.79 Å². The van der Waals surface area contributed by atoms with Gasteiger partial charge in [-0.25, -0.2) is 0 Å². The summed E-state index contributed by atoms with van der Waals surface area (Å²) in [5.74, 6) is 0.835. The monoisotopic (exact) mass is 288 g/mol. The molecule has 1 N–H and O–H groups in total. The minimum atomic E-state index is 0.144. The fourth-order valence-electron chi connectivity index (χ4n) is 3.16. The van der Waals surface area contributed by atoms with Gasteiger partial charge in [0.15, 0.2) is 0 Å². The highest BCUT2D eigenvalue weighted by Gasteiger charge is 2.16. The summed E-state index contributed by atoms with van der Waals surface area (Å²) < 4.78 is 0. The van der Waals surface area contributed by atoms with Crippen molar-refractivity contribution < 1.29 is 4.79 Å². The molecule has 0 aromatic heterocycles. The topological polar surface area (TPSA) is 32.3 Å². The van der Waals surface area contributed by atoms with E-state index in [1.54, 1.807) is 0 Å². The Morgan fingerprint density at radius 2 is 1.95 bits per heavy atom. The van der Waals surface area contributed by atoms with Crippen LogP contribution in [-0.2, 0) is 4.79 Å². The van der Waals surface area contributed by atoms with Crippen molar-refractivity contribution in [3.63, 3.8) is 0 Å². The highest BCUT2D eigenvalue weighted by atomic mass is 16.2. The Bertz CT molecular complexity index is 452. The molecule has 1 aromatic rings. The van der Waals surface area contributed by atoms with Crippen LogP contribution in [0.15, 0.2) is 24.3 Å². The van der Waals surface area contributed by atoms with E-state index in [2.05, 4.69) is 36.2 Å². The number of carbonyl (C=O) groups is 1. The third kappa shape index (κ3) is 4.76. The molecule has 0 unspecified atom stereocenters. The van der Waals surface area contributed by atoms with Gasteiger partial charge in [-0.05, 0) is 44.2 Å². The predicted octanol–water partition coefficient (Wildman–Crippen LogP) is 3.52. The zero-order chi connectivity index (χ0) is 15.1. The van der Waals surface area contributed by atoms with Gasteiger partial charge in [0.2, 0.25) is 5.91 Å². The summed E-state index contributed by atoms with van der Waals surface area (Å²) >= 11 is 0. The van der Waals surface area contributed by atoms with E-state index in [4.69, 9.17) is 0 Å². The lowest BCUT2D eigenvalue weighted by Crippen LogP contribution is -2.39. The third-order valence-corrected chi connectivity index (χ3v) is 4.48. The quantitative estimate of drug-likeness (QED) is 0.868. The number of anilines is 1. The Hall–Kier alpha value is -1.51. The van der Waals surface area contributed by atoms with E-state index in [0.717, 1.165) is 18.8 Å². The van der Waals surface area contributed by atoms with Crippen LogP contribution in [0.1, 0.15) is 44.6 Å². The van der Waals surface area contributed by atoms with Crippen LogP contribution in [0, 0.1) is 12.8 Å². The summed E-state index contributed by atoms with van der Waals surface area (Å²) in [7, 11) is 0. The van der Waals surface area contributed by atoms with Crippen LogP contribution in [0.25, 0.3) is 0 Å². The number of nitrogens with zero attached hydrogens (tertiary/aromatic N) is 1. The second-order valence-corrected chi connectivity index (χ2v) is 6.11. The Morgan fingerprint density at radius 3 is 2.62 bits per heavy atom. The van der Waals surface area contributed by atoms with E-state index < -0.39 is 0 Å². The first-order chi connectivity index (χ1) is 10.2. The zero-order valence-electron chi connectivity index (χ0n) is 13.4. The van der Waals surface area contributed by atoms with Crippen molar-refractivity contribution in [1.29, 1.82) is 0 Å². The summed E-state index contributed by atoms with van der Waals surface area (Å²) in [6, 6.07) is 8.26. The van der Waals surface area contributed by atoms with E-state index in [1.165, 1.54) is 37.7 Å². The van der Waals surface area contributed by atoms with Gasteiger partial charge >= 0.3 is 0 Å². The minimum absolute atomic E-state index is 0.144. The number of hydrogen-bond acceptors (Lipinski definition) is 2. The average molecular weight is 288 g/mol. The zero-order valence-corrected chi connectivity index (χ0v) is 13.4. The Kier molecular flexibility index (Phi) is 6.09. The standard InChI is InChI=1S/C18H28N2O/c1-3-20(17-12-8-7-9-15(17)2)14-18(21)19-13-16-10-5-4-6-11-16/h7-9,12,16H,3-6,10-11,13-14H2,1-2H3,(H,19,21). The molecular formula is C18H28N2O. The number of nitrogens with one attached hydrogen (secondary N) is 1. The molecule has 1 amide bonds. The van der Waals surface area contributed by atoms with E-state index >= 15 is 0 Å². The fraction of sp³-hybridized carbons (Fsp3) is 0.611. The summed E-state index contributed by atoms with van der Waals surface area (Å²) in [5.41, 5.74) is 2.38. The maximum absolute atomic E-state index is 12.2. The number of rotatable bonds is 6. The predicted molar refractivity (Wildman–Crippen MR) is 88.7 cm³/mol. The van der Waals surface area contributed by atoms with Crippen molar-refractivity contribution in [2.45, 2.75) is 46.0 Å². The Morgan fingerprint density at radius 1 is 1.24 bits per heavy atom. The van der Waals surface area contributed by atoms with Gasteiger partial charge in [0.05, 0.1) is 6.54 Å². The number of hydrogen-bond donors (Lipinski definition) is 1. The normalized spacial score (nSPS) is 15.7. The summed E-state index contributed by atoms with van der Waals surface area (Å²) in [6.45, 7) is 6.35. The molecule has 0 bridgehead atoms. The number of para-hydroxylation sites is 1. The maximum Gasteiger partial charge on any atom is 0.239 e. The second kappa shape index (κ2) is 8.06. The molecule has 0 heterocycles. The van der Waals surface area contributed by atoms with Gasteiger partial charge < -0.3 is 10.2 Å². The molecule has 0 radical (unpaired) electrons. The summed E-state index contributed by atoms with van der Waals surface area (Å²) in [4.78, 5) is 14.3. The van der Waals surface area contributed by atoms with Crippen molar-refractivity contribution in [2.24, 2.45) is 5.92 Å². The molecule has 1 fully saturated rings. The lowest BCUT2D eigenvalue weighted by Gasteiger charge is -2.26. The first-order valence-corrected chi connectivity index (χ1v) is 8.28. The van der Waals surface area contributed by atoms with Crippen molar-refractivity contribution >= 4 is 11.6 Å². The molecule has 1 aliphatic rings. The van der Waals surface area contributed by atoms with Crippen LogP contribution in [0.5, 0.6) is 0 Å². The van der Waals surface area contributed by atoms with Gasteiger partial charge in [-0.1, -0.05) is 37.5 Å². The lowest BCUT2D eigenvalue weighted by molar-refractivity contribution is -0.120. The van der Waals surface area contributed by atoms with E-state index in [1.807, 2.05) is 12.1 Å². The lowest BCUT2D eigenvalue weighted by atomic mass is 9.89. The molecule has 116 valence electrons. The van der Waals surface area contributed by atoms with Crippen LogP contribution in [-0.4, -0.2) is 25.5 Å². The van der Waals surface area contributed by atoms with Crippen molar-refractivity contribution in [3.05, 3.63) is 29.8 Å². The highest BCUT2D eigenvalue weighted by molar-refractivity contribution is 5.81. The maximum atomic E-state index is 12.2. The number of amides is 1. The highest BCUT2D eigenvalue weighted by Crippen LogP contribution is 2.23. The van der Waals surface area contributed by atoms with Gasteiger partial charge in [-0.15, -0.1) is 0 Å². The fourth-order valence-corrected chi connectivity index (χ4v) is 3.16. The van der Waals surface area contributed by atoms with Crippen LogP contribution < -0.4 is 10.2 Å². The van der Waals surface area contributed by atoms with Gasteiger partial charge in [0, 0.05) is 18.8 Å². The van der Waals surface area contributed by atoms with Crippen molar-refractivity contribution in [2.75, 3.05) is 24.5 Å². The number of aryl methyl sites for hydroxylation is 1. The molecule has 0 aliphatic heterocycles. The van der Waals surface area contributed by atoms with Crippen LogP contribution in [0.3, 0.4) is 0 Å². The molecule has 21 heavy (non-hydrogen) atoms. The smallest absolute Gasteiger partial charge is 0.239 e. The Labute approximate surface area is 128 Å². The molecular weight excluding hydrogens is 260 g/mol. The molecule has 1 saturated carbocycles. The Balaban J connectivity index is 1.83. The van der Waals surface area contributed by atoms with Crippen LogP contribution in [0.4, 0.5) is 5.69 Å². The molecule has 0 spiro atoms. The molecule has 0 saturated heterocycles. The minimum Gasteiger partial charge on any atom is -0.362 e. The first-order valence-electron chi connectivity index (χ1n) is 8.28. The summed E-state index contributed by atoms with van der Waals surface area (Å²) in [6.07, 6.45) is 6.56. The number of benzene rings is 1. The van der Waals surface area contributed by atoms with Crippen LogP contribution in [0.2, 0.25) is 0 Å². The number of carbonyl (C=O) groups excluding carboxylic acids is 1. The van der Waals surface area contributed by atoms with E-state index in [-0.39, 0.29) is 5.91 Å². The molecule has 1 aromatic carbocycles. The van der Waals surface area contributed by atoms with Crippen molar-refractivity contribution in [3.8, 4) is 0 Å². The molecule has 1 aliphatic carbocycles. The largest absolute Gasteiger partial charge is 0.362 e. The first kappa shape index (κ1) is 15.9. The third-order valence-electron chi connectivity index (χ3n) is 4.48. The van der Waals surface area contributed by atoms with E-state index in [0.29, 0.717) is 12.5 Å². The second-order valence-electron chi connectivity index (χ2n) is 6.11. The SMILES string of the molecule is CCN(CC(=O)NCC1CCCCC1)c1ccccc1C.